The molecule has 3 N–H and O–H groups in total. The first-order valence-electron chi connectivity index (χ1n) is 5.98. The van der Waals surface area contributed by atoms with E-state index in [1.807, 2.05) is 6.92 Å². The zero-order chi connectivity index (χ0) is 13.8. The van der Waals surface area contributed by atoms with E-state index in [0.717, 1.165) is 11.3 Å². The van der Waals surface area contributed by atoms with Crippen molar-refractivity contribution in [3.05, 3.63) is 65.5 Å². The zero-order valence-corrected chi connectivity index (χ0v) is 10.6. The van der Waals surface area contributed by atoms with Gasteiger partial charge in [-0.3, -0.25) is 4.79 Å². The Labute approximate surface area is 111 Å². The van der Waals surface area contributed by atoms with Crippen molar-refractivity contribution in [1.29, 1.82) is 0 Å². The highest BCUT2D eigenvalue weighted by Gasteiger charge is 2.06. The fourth-order valence-electron chi connectivity index (χ4n) is 1.82. The zero-order valence-electron chi connectivity index (χ0n) is 10.6. The molecule has 0 aliphatic carbocycles. The van der Waals surface area contributed by atoms with Gasteiger partial charge in [-0.2, -0.15) is 0 Å². The SMILES string of the molecule is CC(Nc1ccc(C(N)=O)cc1)c1ccc(F)cc1. The Morgan fingerprint density at radius 2 is 1.68 bits per heavy atom. The Bertz CT molecular complexity index is 564. The van der Waals surface area contributed by atoms with Crippen molar-refractivity contribution in [1.82, 2.24) is 0 Å². The second-order valence-corrected chi connectivity index (χ2v) is 4.36. The Hall–Kier alpha value is -2.36. The lowest BCUT2D eigenvalue weighted by molar-refractivity contribution is 0.100. The maximum Gasteiger partial charge on any atom is 0.248 e. The number of hydrogen-bond acceptors (Lipinski definition) is 2. The number of nitrogens with one attached hydrogen (secondary N) is 1. The predicted octanol–water partition coefficient (Wildman–Crippen LogP) is 3.10. The van der Waals surface area contributed by atoms with E-state index < -0.39 is 5.91 Å². The van der Waals surface area contributed by atoms with Gasteiger partial charge in [0, 0.05) is 17.3 Å². The summed E-state index contributed by atoms with van der Waals surface area (Å²) < 4.78 is 12.8. The minimum atomic E-state index is -0.446. The Morgan fingerprint density at radius 3 is 2.21 bits per heavy atom. The van der Waals surface area contributed by atoms with E-state index in [1.165, 1.54) is 12.1 Å². The smallest absolute Gasteiger partial charge is 0.248 e. The topological polar surface area (TPSA) is 55.1 Å². The first-order chi connectivity index (χ1) is 9.06. The molecular formula is C15H15FN2O. The lowest BCUT2D eigenvalue weighted by Crippen LogP contribution is -2.11. The molecule has 0 spiro atoms. The number of anilines is 1. The Morgan fingerprint density at radius 1 is 1.11 bits per heavy atom. The summed E-state index contributed by atoms with van der Waals surface area (Å²) in [6, 6.07) is 13.3. The van der Waals surface area contributed by atoms with Crippen LogP contribution in [0.1, 0.15) is 28.9 Å². The standard InChI is InChI=1S/C15H15FN2O/c1-10(11-2-6-13(16)7-3-11)18-14-8-4-12(5-9-14)15(17)19/h2-10,18H,1H3,(H2,17,19). The number of rotatable bonds is 4. The molecule has 1 atom stereocenters. The maximum atomic E-state index is 12.8. The molecule has 2 rings (SSSR count). The minimum absolute atomic E-state index is 0.0417. The van der Waals surface area contributed by atoms with Crippen LogP contribution >= 0.6 is 0 Å². The van der Waals surface area contributed by atoms with Crippen molar-refractivity contribution in [2.45, 2.75) is 13.0 Å². The van der Waals surface area contributed by atoms with Gasteiger partial charge in [0.25, 0.3) is 0 Å². The summed E-state index contributed by atoms with van der Waals surface area (Å²) in [7, 11) is 0. The molecule has 1 amide bonds. The molecule has 3 nitrogen and oxygen atoms in total. The van der Waals surface area contributed by atoms with Crippen molar-refractivity contribution in [2.75, 3.05) is 5.32 Å². The molecule has 0 aromatic heterocycles. The molecule has 0 bridgehead atoms. The van der Waals surface area contributed by atoms with E-state index in [9.17, 15) is 9.18 Å². The molecule has 4 heteroatoms. The Kier molecular flexibility index (Phi) is 3.80. The van der Waals surface area contributed by atoms with E-state index in [4.69, 9.17) is 5.73 Å². The lowest BCUT2D eigenvalue weighted by Gasteiger charge is -2.15. The summed E-state index contributed by atoms with van der Waals surface area (Å²) in [4.78, 5) is 11.0. The third-order valence-electron chi connectivity index (χ3n) is 2.92. The first kappa shape index (κ1) is 13.1. The third kappa shape index (κ3) is 3.31. The maximum absolute atomic E-state index is 12.8. The molecule has 19 heavy (non-hydrogen) atoms. The summed E-state index contributed by atoms with van der Waals surface area (Å²) >= 11 is 0. The molecule has 0 aliphatic rings. The molecule has 0 aliphatic heterocycles. The van der Waals surface area contributed by atoms with E-state index in [0.29, 0.717) is 5.56 Å². The molecule has 0 heterocycles. The molecule has 2 aromatic rings. The molecule has 0 saturated heterocycles. The van der Waals surface area contributed by atoms with Gasteiger partial charge in [-0.25, -0.2) is 4.39 Å². The fourth-order valence-corrected chi connectivity index (χ4v) is 1.82. The van der Waals surface area contributed by atoms with Gasteiger partial charge in [-0.05, 0) is 48.9 Å². The quantitative estimate of drug-likeness (QED) is 0.885. The van der Waals surface area contributed by atoms with Crippen molar-refractivity contribution in [2.24, 2.45) is 5.73 Å². The Balaban J connectivity index is 2.08. The highest BCUT2D eigenvalue weighted by Crippen LogP contribution is 2.19. The summed E-state index contributed by atoms with van der Waals surface area (Å²) in [5.74, 6) is -0.695. The predicted molar refractivity (Wildman–Crippen MR) is 73.4 cm³/mol. The first-order valence-corrected chi connectivity index (χ1v) is 5.98. The normalized spacial score (nSPS) is 11.9. The van der Waals surface area contributed by atoms with Crippen molar-refractivity contribution >= 4 is 11.6 Å². The average Bonchev–Trinajstić information content (AvgIpc) is 2.40. The lowest BCUT2D eigenvalue weighted by atomic mass is 10.1. The van der Waals surface area contributed by atoms with Gasteiger partial charge in [-0.1, -0.05) is 12.1 Å². The highest BCUT2D eigenvalue weighted by atomic mass is 19.1. The molecule has 0 radical (unpaired) electrons. The molecule has 1 unspecified atom stereocenters. The summed E-state index contributed by atoms with van der Waals surface area (Å²) in [6.45, 7) is 1.98. The van der Waals surface area contributed by atoms with E-state index >= 15 is 0 Å². The van der Waals surface area contributed by atoms with Crippen molar-refractivity contribution < 1.29 is 9.18 Å². The van der Waals surface area contributed by atoms with E-state index in [1.54, 1.807) is 36.4 Å². The van der Waals surface area contributed by atoms with Crippen LogP contribution in [-0.2, 0) is 0 Å². The summed E-state index contributed by atoms with van der Waals surface area (Å²) in [5, 5.41) is 3.27. The van der Waals surface area contributed by atoms with Crippen molar-refractivity contribution in [3.63, 3.8) is 0 Å². The van der Waals surface area contributed by atoms with Crippen LogP contribution in [0.5, 0.6) is 0 Å². The largest absolute Gasteiger partial charge is 0.379 e. The van der Waals surface area contributed by atoms with Gasteiger partial charge in [0.05, 0.1) is 0 Å². The number of benzene rings is 2. The van der Waals surface area contributed by atoms with Crippen LogP contribution in [-0.4, -0.2) is 5.91 Å². The van der Waals surface area contributed by atoms with E-state index in [-0.39, 0.29) is 11.9 Å². The molecular weight excluding hydrogens is 243 g/mol. The van der Waals surface area contributed by atoms with Crippen LogP contribution in [0.3, 0.4) is 0 Å². The average molecular weight is 258 g/mol. The number of carbonyl (C=O) groups excluding carboxylic acids is 1. The number of halogens is 1. The second-order valence-electron chi connectivity index (χ2n) is 4.36. The fraction of sp³-hybridized carbons (Fsp3) is 0.133. The van der Waals surface area contributed by atoms with Crippen LogP contribution in [0.4, 0.5) is 10.1 Å². The van der Waals surface area contributed by atoms with Gasteiger partial charge in [0.1, 0.15) is 5.82 Å². The molecule has 0 fully saturated rings. The third-order valence-corrected chi connectivity index (χ3v) is 2.92. The van der Waals surface area contributed by atoms with Crippen LogP contribution < -0.4 is 11.1 Å². The summed E-state index contributed by atoms with van der Waals surface area (Å²) in [6.07, 6.45) is 0. The second kappa shape index (κ2) is 5.52. The molecule has 0 saturated carbocycles. The van der Waals surface area contributed by atoms with Crippen LogP contribution in [0, 0.1) is 5.82 Å². The van der Waals surface area contributed by atoms with E-state index in [2.05, 4.69) is 5.32 Å². The van der Waals surface area contributed by atoms with Gasteiger partial charge in [0.2, 0.25) is 5.91 Å². The number of primary amides is 1. The highest BCUT2D eigenvalue weighted by molar-refractivity contribution is 5.93. The van der Waals surface area contributed by atoms with Crippen molar-refractivity contribution in [3.8, 4) is 0 Å². The van der Waals surface area contributed by atoms with Crippen LogP contribution in [0.2, 0.25) is 0 Å². The van der Waals surface area contributed by atoms with Gasteiger partial charge >= 0.3 is 0 Å². The number of hydrogen-bond donors (Lipinski definition) is 2. The minimum Gasteiger partial charge on any atom is -0.379 e. The monoisotopic (exact) mass is 258 g/mol. The number of amides is 1. The van der Waals surface area contributed by atoms with Gasteiger partial charge < -0.3 is 11.1 Å². The van der Waals surface area contributed by atoms with Gasteiger partial charge in [-0.15, -0.1) is 0 Å². The molecule has 2 aromatic carbocycles. The molecule has 98 valence electrons. The van der Waals surface area contributed by atoms with Crippen LogP contribution in [0.25, 0.3) is 0 Å². The van der Waals surface area contributed by atoms with Gasteiger partial charge in [0.15, 0.2) is 0 Å². The number of carbonyl (C=O) groups is 1. The summed E-state index contributed by atoms with van der Waals surface area (Å²) in [5.41, 5.74) is 7.51. The van der Waals surface area contributed by atoms with Crippen LogP contribution in [0.15, 0.2) is 48.5 Å². The number of nitrogens with two attached hydrogens (primary N) is 1.